The largest absolute Gasteiger partial charge is 0.481 e. The Morgan fingerprint density at radius 3 is 2.14 bits per heavy atom. The van der Waals surface area contributed by atoms with Gasteiger partial charge in [0.05, 0.1) is 18.1 Å². The van der Waals surface area contributed by atoms with Crippen molar-refractivity contribution in [1.82, 2.24) is 0 Å². The number of carboxylic acid groups (broad SMARTS) is 1. The predicted molar refractivity (Wildman–Crippen MR) is 144 cm³/mol. The number of esters is 1. The molecule has 5 fully saturated rings. The fraction of sp³-hybridized carbons (Fsp3) is 0.938. The van der Waals surface area contributed by atoms with E-state index in [2.05, 4.69) is 41.5 Å². The number of aliphatic hydroxyl groups is 1. The molecule has 5 aliphatic carbocycles. The summed E-state index contributed by atoms with van der Waals surface area (Å²) in [6.07, 6.45) is 10.2. The molecule has 10 atom stereocenters. The number of carbonyl (C=O) groups excluding carboxylic acids is 1. The molecular weight excluding hydrogens is 464 g/mol. The molecule has 0 aromatic carbocycles. The van der Waals surface area contributed by atoms with E-state index in [0.29, 0.717) is 24.4 Å². The van der Waals surface area contributed by atoms with E-state index < -0.39 is 11.4 Å². The zero-order valence-corrected chi connectivity index (χ0v) is 24.5. The number of hydrogen-bond donors (Lipinski definition) is 2. The third-order valence-corrected chi connectivity index (χ3v) is 14.1. The number of hydrogen-bond acceptors (Lipinski definition) is 4. The van der Waals surface area contributed by atoms with E-state index in [1.807, 2.05) is 0 Å². The summed E-state index contributed by atoms with van der Waals surface area (Å²) in [4.78, 5) is 25.3. The second-order valence-corrected chi connectivity index (χ2v) is 15.8. The molecule has 5 heteroatoms. The van der Waals surface area contributed by atoms with Gasteiger partial charge in [-0.15, -0.1) is 0 Å². The molecule has 0 saturated heterocycles. The van der Waals surface area contributed by atoms with Crippen LogP contribution in [0.25, 0.3) is 0 Å². The number of aliphatic carboxylic acids is 1. The normalized spacial score (nSPS) is 52.6. The maximum atomic E-state index is 13.1. The molecule has 0 aromatic rings. The Balaban J connectivity index is 1.63. The molecule has 0 radical (unpaired) electrons. The lowest BCUT2D eigenvalue weighted by molar-refractivity contribution is -0.279. The lowest BCUT2D eigenvalue weighted by atomic mass is 9.29. The van der Waals surface area contributed by atoms with E-state index in [1.54, 1.807) is 0 Å². The van der Waals surface area contributed by atoms with Crippen LogP contribution in [0.5, 0.6) is 0 Å². The maximum Gasteiger partial charge on any atom is 0.309 e. The van der Waals surface area contributed by atoms with Crippen molar-refractivity contribution in [2.75, 3.05) is 6.61 Å². The van der Waals surface area contributed by atoms with Gasteiger partial charge in [-0.2, -0.15) is 0 Å². The zero-order chi connectivity index (χ0) is 27.2. The standard InChI is InChI=1S/C32H52O5/c1-20-22(34)8-9-23-28(20,5)11-10-24-29(23,6)13-17-32(19-37-21(2)33)25-18-27(3,4)12-15-31(25,26(35)36)16-14-30(24,32)7/h20,22-25,34H,8-19H2,1-7H3,(H,35,36). The van der Waals surface area contributed by atoms with Crippen molar-refractivity contribution in [1.29, 1.82) is 0 Å². The van der Waals surface area contributed by atoms with Gasteiger partial charge in [-0.1, -0.05) is 41.5 Å². The molecule has 0 spiro atoms. The second-order valence-electron chi connectivity index (χ2n) is 15.8. The average Bonchev–Trinajstić information content (AvgIpc) is 2.80. The Morgan fingerprint density at radius 1 is 0.811 bits per heavy atom. The number of ether oxygens (including phenoxy) is 1. The van der Waals surface area contributed by atoms with Crippen molar-refractivity contribution < 1.29 is 24.5 Å². The Morgan fingerprint density at radius 2 is 1.49 bits per heavy atom. The highest BCUT2D eigenvalue weighted by Gasteiger charge is 2.74. The van der Waals surface area contributed by atoms with Crippen LogP contribution < -0.4 is 0 Å². The highest BCUT2D eigenvalue weighted by atomic mass is 16.5. The van der Waals surface area contributed by atoms with Gasteiger partial charge in [0.2, 0.25) is 0 Å². The Labute approximate surface area is 224 Å². The van der Waals surface area contributed by atoms with Crippen molar-refractivity contribution in [3.05, 3.63) is 0 Å². The molecule has 0 amide bonds. The second kappa shape index (κ2) is 8.45. The molecule has 0 heterocycles. The summed E-state index contributed by atoms with van der Waals surface area (Å²) in [5.41, 5.74) is -0.718. The van der Waals surface area contributed by atoms with Gasteiger partial charge in [-0.05, 0) is 116 Å². The molecule has 0 bridgehead atoms. The lowest BCUT2D eigenvalue weighted by Gasteiger charge is -2.74. The summed E-state index contributed by atoms with van der Waals surface area (Å²) in [7, 11) is 0. The van der Waals surface area contributed by atoms with Crippen LogP contribution in [0.15, 0.2) is 0 Å². The summed E-state index contributed by atoms with van der Waals surface area (Å²) in [6, 6.07) is 0. The van der Waals surface area contributed by atoms with Gasteiger partial charge >= 0.3 is 11.9 Å². The van der Waals surface area contributed by atoms with E-state index in [1.165, 1.54) is 6.92 Å². The highest BCUT2D eigenvalue weighted by molar-refractivity contribution is 5.76. The minimum Gasteiger partial charge on any atom is -0.481 e. The number of carboxylic acids is 1. The third-order valence-electron chi connectivity index (χ3n) is 14.1. The first-order valence-electron chi connectivity index (χ1n) is 15.1. The first kappa shape index (κ1) is 27.5. The van der Waals surface area contributed by atoms with Crippen LogP contribution in [-0.2, 0) is 14.3 Å². The Kier molecular flexibility index (Phi) is 6.27. The van der Waals surface area contributed by atoms with Gasteiger partial charge in [0.15, 0.2) is 0 Å². The molecule has 37 heavy (non-hydrogen) atoms. The molecule has 5 nitrogen and oxygen atoms in total. The number of fused-ring (bicyclic) bond motifs is 7. The van der Waals surface area contributed by atoms with Crippen molar-refractivity contribution in [2.24, 2.45) is 56.2 Å². The highest BCUT2D eigenvalue weighted by Crippen LogP contribution is 2.78. The van der Waals surface area contributed by atoms with Crippen molar-refractivity contribution in [3.8, 4) is 0 Å². The van der Waals surface area contributed by atoms with E-state index in [0.717, 1.165) is 70.6 Å². The molecule has 2 N–H and O–H groups in total. The van der Waals surface area contributed by atoms with E-state index in [4.69, 9.17) is 4.74 Å². The fourth-order valence-corrected chi connectivity index (χ4v) is 11.7. The number of aliphatic hydroxyl groups excluding tert-OH is 1. The molecule has 0 aromatic heterocycles. The van der Waals surface area contributed by atoms with Crippen LogP contribution in [0.1, 0.15) is 119 Å². The van der Waals surface area contributed by atoms with Gasteiger partial charge in [-0.25, -0.2) is 0 Å². The summed E-state index contributed by atoms with van der Waals surface area (Å²) >= 11 is 0. The van der Waals surface area contributed by atoms with Crippen LogP contribution in [0.3, 0.4) is 0 Å². The number of rotatable bonds is 3. The predicted octanol–water partition coefficient (Wildman–Crippen LogP) is 6.86. The molecule has 10 unspecified atom stereocenters. The molecule has 5 saturated carbocycles. The zero-order valence-electron chi connectivity index (χ0n) is 24.5. The monoisotopic (exact) mass is 516 g/mol. The van der Waals surface area contributed by atoms with Gasteiger partial charge < -0.3 is 14.9 Å². The van der Waals surface area contributed by atoms with Gasteiger partial charge in [0, 0.05) is 12.3 Å². The summed E-state index contributed by atoms with van der Waals surface area (Å²) in [5, 5.41) is 21.6. The SMILES string of the molecule is CC(=O)OCC12CCC3(C)C4CCC(O)C(C)C4(C)CCC3C1(C)CCC1(C(=O)O)CCC(C)(C)CC12. The van der Waals surface area contributed by atoms with Gasteiger partial charge in [-0.3, -0.25) is 9.59 Å². The van der Waals surface area contributed by atoms with Crippen LogP contribution in [0, 0.1) is 56.2 Å². The molecule has 210 valence electrons. The summed E-state index contributed by atoms with van der Waals surface area (Å²) in [6.45, 7) is 16.2. The maximum absolute atomic E-state index is 13.1. The van der Waals surface area contributed by atoms with Crippen LogP contribution in [0.4, 0.5) is 0 Å². The van der Waals surface area contributed by atoms with Crippen LogP contribution in [0.2, 0.25) is 0 Å². The van der Waals surface area contributed by atoms with Crippen molar-refractivity contribution >= 4 is 11.9 Å². The quantitative estimate of drug-likeness (QED) is 0.401. The first-order chi connectivity index (χ1) is 17.1. The number of carbonyl (C=O) groups is 2. The molecular formula is C32H52O5. The molecule has 5 aliphatic rings. The van der Waals surface area contributed by atoms with Crippen molar-refractivity contribution in [3.63, 3.8) is 0 Å². The minimum atomic E-state index is -0.713. The van der Waals surface area contributed by atoms with E-state index in [9.17, 15) is 19.8 Å². The third kappa shape index (κ3) is 3.57. The summed E-state index contributed by atoms with van der Waals surface area (Å²) < 4.78 is 5.95. The van der Waals surface area contributed by atoms with Gasteiger partial charge in [0.1, 0.15) is 0 Å². The molecule has 5 rings (SSSR count). The van der Waals surface area contributed by atoms with Crippen molar-refractivity contribution in [2.45, 2.75) is 125 Å². The topological polar surface area (TPSA) is 83.8 Å². The minimum absolute atomic E-state index is 0.0179. The smallest absolute Gasteiger partial charge is 0.309 e. The van der Waals surface area contributed by atoms with E-state index in [-0.39, 0.29) is 45.1 Å². The van der Waals surface area contributed by atoms with Gasteiger partial charge in [0.25, 0.3) is 0 Å². The summed E-state index contributed by atoms with van der Waals surface area (Å²) in [5.74, 6) is 0.477. The van der Waals surface area contributed by atoms with E-state index >= 15 is 0 Å². The Hall–Kier alpha value is -1.10. The van der Waals surface area contributed by atoms with Crippen LogP contribution in [-0.4, -0.2) is 34.9 Å². The lowest BCUT2D eigenvalue weighted by Crippen LogP contribution is -2.71. The Bertz CT molecular complexity index is 959. The first-order valence-corrected chi connectivity index (χ1v) is 15.1. The molecule has 0 aliphatic heterocycles. The fourth-order valence-electron chi connectivity index (χ4n) is 11.7. The average molecular weight is 517 g/mol. The van der Waals surface area contributed by atoms with Crippen LogP contribution >= 0.6 is 0 Å².